The molecule has 0 unspecified atom stereocenters. The molecule has 33 heavy (non-hydrogen) atoms. The van der Waals surface area contributed by atoms with E-state index in [1.807, 2.05) is 48.5 Å². The van der Waals surface area contributed by atoms with Crippen molar-refractivity contribution in [1.29, 1.82) is 0 Å². The molecule has 0 spiro atoms. The van der Waals surface area contributed by atoms with E-state index in [9.17, 15) is 13.0 Å². The number of hydrogen-bond acceptors (Lipinski definition) is 5. The Labute approximate surface area is 216 Å². The van der Waals surface area contributed by atoms with Crippen LogP contribution in [-0.4, -0.2) is 18.8 Å². The third-order valence-corrected chi connectivity index (χ3v) is 8.90. The van der Waals surface area contributed by atoms with Crippen molar-refractivity contribution in [3.05, 3.63) is 91.3 Å². The molecule has 0 aliphatic carbocycles. The van der Waals surface area contributed by atoms with Crippen LogP contribution in [0.1, 0.15) is 10.6 Å². The minimum absolute atomic E-state index is 0.510. The Balaban J connectivity index is 1.65. The van der Waals surface area contributed by atoms with Gasteiger partial charge in [0.2, 0.25) is 5.52 Å². The molecular formula is C23H17Br2N2O3S3+. The summed E-state index contributed by atoms with van der Waals surface area (Å²) in [5.74, 6) is -0.510. The highest BCUT2D eigenvalue weighted by molar-refractivity contribution is 9.10. The Bertz CT molecular complexity index is 1500. The van der Waals surface area contributed by atoms with Gasteiger partial charge in [0.1, 0.15) is 4.70 Å². The summed E-state index contributed by atoms with van der Waals surface area (Å²) in [6.45, 7) is 0.678. The lowest BCUT2D eigenvalue weighted by atomic mass is 10.2. The van der Waals surface area contributed by atoms with E-state index in [2.05, 4.69) is 60.7 Å². The quantitative estimate of drug-likeness (QED) is 0.202. The molecule has 0 saturated heterocycles. The third-order valence-electron chi connectivity index (χ3n) is 5.11. The van der Waals surface area contributed by atoms with Crippen LogP contribution in [0.5, 0.6) is 0 Å². The van der Waals surface area contributed by atoms with Crippen LogP contribution in [0, 0.1) is 0 Å². The van der Waals surface area contributed by atoms with Crippen LogP contribution in [0.3, 0.4) is 0 Å². The normalized spacial score (nSPS) is 14.9. The Morgan fingerprint density at radius 3 is 2.48 bits per heavy atom. The molecule has 3 aromatic carbocycles. The number of fused-ring (bicyclic) bond motifs is 2. The van der Waals surface area contributed by atoms with E-state index in [4.69, 9.17) is 0 Å². The maximum Gasteiger partial charge on any atom is 0.283 e. The smallest absolute Gasteiger partial charge is 0.283 e. The molecule has 0 fully saturated rings. The molecule has 0 amide bonds. The lowest BCUT2D eigenvalue weighted by Gasteiger charge is -2.18. The molecular weight excluding hydrogens is 608 g/mol. The SMILES string of the molecule is O=S(=O)(O)CN1C(=Cc2sc3ccc(Br)cc3[n+]2Cc2ccccc2)Sc2ccc(Br)cc21. The predicted octanol–water partition coefficient (Wildman–Crippen LogP) is 6.52. The van der Waals surface area contributed by atoms with Crippen LogP contribution in [0.25, 0.3) is 16.3 Å². The monoisotopic (exact) mass is 623 g/mol. The van der Waals surface area contributed by atoms with Gasteiger partial charge in [0.05, 0.1) is 16.8 Å². The van der Waals surface area contributed by atoms with Gasteiger partial charge >= 0.3 is 0 Å². The van der Waals surface area contributed by atoms with E-state index in [0.29, 0.717) is 6.54 Å². The van der Waals surface area contributed by atoms with Crippen molar-refractivity contribution < 1.29 is 17.5 Å². The van der Waals surface area contributed by atoms with Crippen LogP contribution < -0.4 is 9.47 Å². The first kappa shape index (κ1) is 23.1. The highest BCUT2D eigenvalue weighted by atomic mass is 79.9. The molecule has 5 nitrogen and oxygen atoms in total. The van der Waals surface area contributed by atoms with Crippen molar-refractivity contribution in [3.63, 3.8) is 0 Å². The van der Waals surface area contributed by atoms with Gasteiger partial charge in [-0.25, -0.2) is 0 Å². The van der Waals surface area contributed by atoms with E-state index < -0.39 is 16.0 Å². The second-order valence-electron chi connectivity index (χ2n) is 7.46. The number of benzene rings is 3. The van der Waals surface area contributed by atoms with Crippen LogP contribution >= 0.6 is 55.0 Å². The molecule has 2 heterocycles. The zero-order chi connectivity index (χ0) is 23.2. The van der Waals surface area contributed by atoms with Crippen LogP contribution in [0.4, 0.5) is 5.69 Å². The molecule has 1 N–H and O–H groups in total. The fourth-order valence-corrected chi connectivity index (χ4v) is 7.31. The molecule has 0 radical (unpaired) electrons. The largest absolute Gasteiger partial charge is 0.317 e. The summed E-state index contributed by atoms with van der Waals surface area (Å²) in [4.78, 5) is 2.58. The van der Waals surface area contributed by atoms with Crippen LogP contribution in [0.2, 0.25) is 0 Å². The summed E-state index contributed by atoms with van der Waals surface area (Å²) < 4.78 is 38.5. The molecule has 1 aromatic heterocycles. The van der Waals surface area contributed by atoms with Crippen molar-refractivity contribution in [3.8, 4) is 0 Å². The Kier molecular flexibility index (Phi) is 6.41. The van der Waals surface area contributed by atoms with Crippen LogP contribution in [0.15, 0.2) is 85.6 Å². The lowest BCUT2D eigenvalue weighted by molar-refractivity contribution is -0.659. The van der Waals surface area contributed by atoms with Gasteiger partial charge in [0, 0.05) is 25.5 Å². The highest BCUT2D eigenvalue weighted by Gasteiger charge is 2.31. The first-order chi connectivity index (χ1) is 15.8. The van der Waals surface area contributed by atoms with Crippen molar-refractivity contribution >= 4 is 87.1 Å². The van der Waals surface area contributed by atoms with Crippen molar-refractivity contribution in [2.45, 2.75) is 11.4 Å². The first-order valence-corrected chi connectivity index (χ1v) is 14.7. The fraction of sp³-hybridized carbons (Fsp3) is 0.0870. The van der Waals surface area contributed by atoms with E-state index in [0.717, 1.165) is 39.8 Å². The number of nitrogens with zero attached hydrogens (tertiary/aromatic N) is 2. The third kappa shape index (κ3) is 5.06. The van der Waals surface area contributed by atoms with Crippen LogP contribution in [-0.2, 0) is 16.7 Å². The van der Waals surface area contributed by atoms with E-state index in [-0.39, 0.29) is 0 Å². The van der Waals surface area contributed by atoms with Gasteiger partial charge in [-0.15, -0.1) is 0 Å². The van der Waals surface area contributed by atoms with E-state index >= 15 is 0 Å². The van der Waals surface area contributed by atoms with Gasteiger partial charge in [0.15, 0.2) is 12.4 Å². The maximum atomic E-state index is 11.8. The second kappa shape index (κ2) is 9.16. The van der Waals surface area contributed by atoms with Gasteiger partial charge < -0.3 is 4.90 Å². The minimum atomic E-state index is -4.23. The zero-order valence-electron chi connectivity index (χ0n) is 17.0. The van der Waals surface area contributed by atoms with Crippen molar-refractivity contribution in [2.24, 2.45) is 0 Å². The number of hydrogen-bond donors (Lipinski definition) is 1. The second-order valence-corrected chi connectivity index (χ2v) is 12.8. The summed E-state index contributed by atoms with van der Waals surface area (Å²) in [5, 5.41) is 1.73. The fourth-order valence-electron chi connectivity index (χ4n) is 3.69. The molecule has 1 aliphatic rings. The standard InChI is InChI=1S/C23H16Br2N2O3S3/c24-16-6-8-20-18(10-16)26(13-15-4-2-1-3-5-15)22(31-20)12-23-27(14-33(28,29)30)19-11-17(25)7-9-21(19)32-23/h1-12H,13-14H2/p+1. The molecule has 5 rings (SSSR count). The molecule has 10 heteroatoms. The summed E-state index contributed by atoms with van der Waals surface area (Å²) in [5.41, 5.74) is 3.01. The van der Waals surface area contributed by atoms with Crippen molar-refractivity contribution in [1.82, 2.24) is 0 Å². The Morgan fingerprint density at radius 2 is 1.73 bits per heavy atom. The topological polar surface area (TPSA) is 61.5 Å². The number of rotatable bonds is 5. The number of halogens is 2. The van der Waals surface area contributed by atoms with E-state index in [1.165, 1.54) is 17.3 Å². The lowest BCUT2D eigenvalue weighted by Crippen LogP contribution is -2.36. The summed E-state index contributed by atoms with van der Waals surface area (Å²) in [6.07, 6.45) is 2.01. The predicted molar refractivity (Wildman–Crippen MR) is 142 cm³/mol. The average molecular weight is 625 g/mol. The summed E-state index contributed by atoms with van der Waals surface area (Å²) in [6, 6.07) is 22.2. The van der Waals surface area contributed by atoms with Gasteiger partial charge in [-0.05, 0) is 30.3 Å². The average Bonchev–Trinajstić information content (AvgIpc) is 3.26. The van der Waals surface area contributed by atoms with Gasteiger partial charge in [0.25, 0.3) is 15.1 Å². The molecule has 0 saturated carbocycles. The molecule has 4 aromatic rings. The number of thiazole rings is 1. The highest BCUT2D eigenvalue weighted by Crippen LogP contribution is 2.48. The summed E-state index contributed by atoms with van der Waals surface area (Å²) >= 11 is 10.2. The molecule has 168 valence electrons. The van der Waals surface area contributed by atoms with E-state index in [1.54, 1.807) is 16.2 Å². The van der Waals surface area contributed by atoms with Gasteiger partial charge in [-0.1, -0.05) is 85.3 Å². The first-order valence-electron chi connectivity index (χ1n) is 9.84. The van der Waals surface area contributed by atoms with Crippen molar-refractivity contribution in [2.75, 3.05) is 10.8 Å². The minimum Gasteiger partial charge on any atom is -0.317 e. The zero-order valence-corrected chi connectivity index (χ0v) is 22.6. The Hall–Kier alpha value is -1.69. The number of thioether (sulfide) groups is 1. The number of anilines is 1. The maximum absolute atomic E-state index is 11.8. The molecule has 0 bridgehead atoms. The number of aromatic nitrogens is 1. The Morgan fingerprint density at radius 1 is 1.00 bits per heavy atom. The summed E-state index contributed by atoms with van der Waals surface area (Å²) in [7, 11) is -4.23. The van der Waals surface area contributed by atoms with Gasteiger partial charge in [-0.3, -0.25) is 4.55 Å². The molecule has 0 atom stereocenters. The molecule has 1 aliphatic heterocycles. The van der Waals surface area contributed by atoms with Gasteiger partial charge in [-0.2, -0.15) is 13.0 Å².